The van der Waals surface area contributed by atoms with Crippen LogP contribution < -0.4 is 0 Å². The molecule has 1 aromatic carbocycles. The second-order valence-electron chi connectivity index (χ2n) is 6.25. The van der Waals surface area contributed by atoms with Crippen molar-refractivity contribution < 1.29 is 13.5 Å². The zero-order chi connectivity index (χ0) is 15.0. The van der Waals surface area contributed by atoms with E-state index in [9.17, 15) is 8.78 Å². The lowest BCUT2D eigenvalue weighted by molar-refractivity contribution is -0.0583. The van der Waals surface area contributed by atoms with Gasteiger partial charge in [-0.2, -0.15) is 0 Å². The maximum absolute atomic E-state index is 13.3. The molecule has 2 atom stereocenters. The number of hydrogen-bond donors (Lipinski definition) is 0. The van der Waals surface area contributed by atoms with Crippen molar-refractivity contribution in [3.8, 4) is 0 Å². The van der Waals surface area contributed by atoms with Crippen LogP contribution in [0.3, 0.4) is 0 Å². The highest BCUT2D eigenvalue weighted by atomic mass is 19.2. The molecule has 0 saturated carbocycles. The highest BCUT2D eigenvalue weighted by Crippen LogP contribution is 2.26. The number of fused-ring (bicyclic) bond motifs is 1. The maximum atomic E-state index is 13.3. The van der Waals surface area contributed by atoms with Crippen molar-refractivity contribution in [1.82, 2.24) is 9.80 Å². The smallest absolute Gasteiger partial charge is 0.159 e. The molecule has 0 radical (unpaired) electrons. The van der Waals surface area contributed by atoms with Crippen LogP contribution in [0.25, 0.3) is 0 Å². The monoisotopic (exact) mass is 296 g/mol. The lowest BCUT2D eigenvalue weighted by Gasteiger charge is -2.39. The zero-order valence-electron chi connectivity index (χ0n) is 12.6. The van der Waals surface area contributed by atoms with E-state index in [1.54, 1.807) is 6.07 Å². The number of ether oxygens (including phenoxy) is 1. The first-order chi connectivity index (χ1) is 10.0. The minimum atomic E-state index is -0.789. The van der Waals surface area contributed by atoms with E-state index in [-0.39, 0.29) is 6.10 Å². The van der Waals surface area contributed by atoms with E-state index in [0.717, 1.165) is 31.8 Å². The van der Waals surface area contributed by atoms with Crippen LogP contribution in [0.4, 0.5) is 8.78 Å². The summed E-state index contributed by atoms with van der Waals surface area (Å²) in [5.74, 6) is -1.56. The molecule has 21 heavy (non-hydrogen) atoms. The van der Waals surface area contributed by atoms with Crippen molar-refractivity contribution in [2.45, 2.75) is 38.6 Å². The summed E-state index contributed by atoms with van der Waals surface area (Å²) in [4.78, 5) is 4.75. The van der Waals surface area contributed by atoms with Gasteiger partial charge in [-0.05, 0) is 31.5 Å². The predicted octanol–water partition coefficient (Wildman–Crippen LogP) is 2.26. The summed E-state index contributed by atoms with van der Waals surface area (Å²) in [7, 11) is 0. The molecule has 116 valence electrons. The van der Waals surface area contributed by atoms with Crippen LogP contribution in [0.5, 0.6) is 0 Å². The van der Waals surface area contributed by atoms with Gasteiger partial charge in [-0.1, -0.05) is 6.07 Å². The summed E-state index contributed by atoms with van der Waals surface area (Å²) >= 11 is 0. The highest BCUT2D eigenvalue weighted by Gasteiger charge is 2.40. The number of likely N-dealkylation sites (tertiary alicyclic amines) is 1. The van der Waals surface area contributed by atoms with Crippen LogP contribution in [0.2, 0.25) is 0 Å². The molecule has 5 heteroatoms. The number of morpholine rings is 1. The summed E-state index contributed by atoms with van der Waals surface area (Å²) in [6.45, 7) is 8.57. The van der Waals surface area contributed by atoms with Gasteiger partial charge in [0.25, 0.3) is 0 Å². The van der Waals surface area contributed by atoms with Crippen molar-refractivity contribution in [3.05, 3.63) is 35.4 Å². The normalized spacial score (nSPS) is 27.3. The number of nitrogens with zero attached hydrogens (tertiary/aromatic N) is 2. The van der Waals surface area contributed by atoms with Gasteiger partial charge in [0.2, 0.25) is 0 Å². The number of hydrogen-bond acceptors (Lipinski definition) is 3. The topological polar surface area (TPSA) is 15.7 Å². The van der Waals surface area contributed by atoms with Crippen molar-refractivity contribution in [3.63, 3.8) is 0 Å². The summed E-state index contributed by atoms with van der Waals surface area (Å²) in [5, 5.41) is 0. The molecule has 3 nitrogen and oxygen atoms in total. The summed E-state index contributed by atoms with van der Waals surface area (Å²) in [6.07, 6.45) is 0.228. The quantitative estimate of drug-likeness (QED) is 0.851. The third-order valence-corrected chi connectivity index (χ3v) is 4.47. The molecule has 2 heterocycles. The van der Waals surface area contributed by atoms with Crippen LogP contribution in [0.15, 0.2) is 18.2 Å². The molecule has 2 aliphatic rings. The lowest BCUT2D eigenvalue weighted by Crippen LogP contribution is -2.53. The third kappa shape index (κ3) is 3.10. The minimum Gasteiger partial charge on any atom is -0.374 e. The van der Waals surface area contributed by atoms with E-state index in [1.807, 2.05) is 0 Å². The molecule has 2 fully saturated rings. The van der Waals surface area contributed by atoms with E-state index in [4.69, 9.17) is 4.74 Å². The van der Waals surface area contributed by atoms with Gasteiger partial charge >= 0.3 is 0 Å². The average molecular weight is 296 g/mol. The van der Waals surface area contributed by atoms with E-state index in [0.29, 0.717) is 18.6 Å². The average Bonchev–Trinajstić information content (AvgIpc) is 2.84. The van der Waals surface area contributed by atoms with Gasteiger partial charge in [-0.25, -0.2) is 8.78 Å². The first kappa shape index (κ1) is 14.9. The Balaban J connectivity index is 1.67. The fraction of sp³-hybridized carbons (Fsp3) is 0.625. The molecule has 2 saturated heterocycles. The second kappa shape index (κ2) is 5.99. The van der Waals surface area contributed by atoms with Gasteiger partial charge in [0.05, 0.1) is 18.8 Å². The number of rotatable bonds is 3. The van der Waals surface area contributed by atoms with Gasteiger partial charge in [-0.15, -0.1) is 0 Å². The summed E-state index contributed by atoms with van der Waals surface area (Å²) in [5.41, 5.74) is 0.809. The molecule has 0 aromatic heterocycles. The van der Waals surface area contributed by atoms with Crippen molar-refractivity contribution in [1.29, 1.82) is 0 Å². The first-order valence-corrected chi connectivity index (χ1v) is 7.58. The Bertz CT molecular complexity index is 509. The fourth-order valence-electron chi connectivity index (χ4n) is 3.46. The second-order valence-corrected chi connectivity index (χ2v) is 6.25. The van der Waals surface area contributed by atoms with E-state index < -0.39 is 11.6 Å². The van der Waals surface area contributed by atoms with Crippen LogP contribution in [-0.2, 0) is 11.3 Å². The molecular weight excluding hydrogens is 274 g/mol. The SMILES string of the molecule is CC(C)N1CCO[C@H]2CN(Cc3ccc(F)c(F)c3)C[C@H]21. The standard InChI is InChI=1S/C16H22F2N2O/c1-11(2)20-5-6-21-16-10-19(9-15(16)20)8-12-3-4-13(17)14(18)7-12/h3-4,7,11,15-16H,5-6,8-10H2,1-2H3/t15-,16+/m1/s1. The van der Waals surface area contributed by atoms with Gasteiger partial charge < -0.3 is 4.74 Å². The molecular formula is C16H22F2N2O. The van der Waals surface area contributed by atoms with Crippen LogP contribution >= 0.6 is 0 Å². The fourth-order valence-corrected chi connectivity index (χ4v) is 3.46. The number of halogens is 2. The van der Waals surface area contributed by atoms with Crippen LogP contribution in [0, 0.1) is 11.6 Å². The largest absolute Gasteiger partial charge is 0.374 e. The molecule has 0 bridgehead atoms. The predicted molar refractivity (Wildman–Crippen MR) is 77.0 cm³/mol. The molecule has 2 aliphatic heterocycles. The Kier molecular flexibility index (Phi) is 4.24. The Morgan fingerprint density at radius 3 is 2.76 bits per heavy atom. The zero-order valence-corrected chi connectivity index (χ0v) is 12.6. The maximum Gasteiger partial charge on any atom is 0.159 e. The molecule has 1 aromatic rings. The van der Waals surface area contributed by atoms with Crippen molar-refractivity contribution in [2.75, 3.05) is 26.2 Å². The molecule has 0 N–H and O–H groups in total. The van der Waals surface area contributed by atoms with Crippen molar-refractivity contribution >= 4 is 0 Å². The molecule has 0 aliphatic carbocycles. The molecule has 0 spiro atoms. The van der Waals surface area contributed by atoms with Gasteiger partial charge in [0, 0.05) is 32.2 Å². The third-order valence-electron chi connectivity index (χ3n) is 4.47. The Morgan fingerprint density at radius 2 is 2.05 bits per heavy atom. The molecule has 3 rings (SSSR count). The van der Waals surface area contributed by atoms with Gasteiger partial charge in [0.1, 0.15) is 0 Å². The van der Waals surface area contributed by atoms with Gasteiger partial charge in [-0.3, -0.25) is 9.80 Å². The van der Waals surface area contributed by atoms with Gasteiger partial charge in [0.15, 0.2) is 11.6 Å². The first-order valence-electron chi connectivity index (χ1n) is 7.58. The Morgan fingerprint density at radius 1 is 1.24 bits per heavy atom. The molecule has 0 amide bonds. The molecule has 0 unspecified atom stereocenters. The summed E-state index contributed by atoms with van der Waals surface area (Å²) < 4.78 is 32.1. The lowest BCUT2D eigenvalue weighted by atomic mass is 10.1. The van der Waals surface area contributed by atoms with E-state index >= 15 is 0 Å². The minimum absolute atomic E-state index is 0.228. The van der Waals surface area contributed by atoms with Crippen molar-refractivity contribution in [2.24, 2.45) is 0 Å². The van der Waals surface area contributed by atoms with Crippen LogP contribution in [-0.4, -0.2) is 54.2 Å². The Hall–Kier alpha value is -1.04. The summed E-state index contributed by atoms with van der Waals surface area (Å²) in [6, 6.07) is 5.05. The van der Waals surface area contributed by atoms with E-state index in [1.165, 1.54) is 12.1 Å². The van der Waals surface area contributed by atoms with Crippen LogP contribution in [0.1, 0.15) is 19.4 Å². The van der Waals surface area contributed by atoms with E-state index in [2.05, 4.69) is 23.6 Å². The Labute approximate surface area is 124 Å². The number of benzene rings is 1. The highest BCUT2D eigenvalue weighted by molar-refractivity contribution is 5.18.